The molecule has 0 bridgehead atoms. The Hall–Kier alpha value is -0.650. The fourth-order valence-electron chi connectivity index (χ4n) is 2.76. The van der Waals surface area contributed by atoms with Crippen LogP contribution in [0.5, 0.6) is 0 Å². The van der Waals surface area contributed by atoms with E-state index in [4.69, 9.17) is 5.21 Å². The number of carbonyl (C=O) groups is 1. The van der Waals surface area contributed by atoms with Gasteiger partial charge in [-0.1, -0.05) is 13.3 Å². The summed E-state index contributed by atoms with van der Waals surface area (Å²) in [7, 11) is 4.05. The lowest BCUT2D eigenvalue weighted by Crippen LogP contribution is -2.56. The number of piperidine rings is 1. The average molecular weight is 243 g/mol. The van der Waals surface area contributed by atoms with Crippen LogP contribution in [0.4, 0.5) is 0 Å². The normalized spacial score (nSPS) is 30.2. The Morgan fingerprint density at radius 2 is 2.29 bits per heavy atom. The lowest BCUT2D eigenvalue weighted by atomic mass is 9.79. The minimum Gasteiger partial charge on any atom is -0.314 e. The maximum Gasteiger partial charge on any atom is 0.245 e. The zero-order chi connectivity index (χ0) is 12.9. The number of carbonyl (C=O) groups excluding carboxylic acids is 1. The third-order valence-corrected chi connectivity index (χ3v) is 3.97. The van der Waals surface area contributed by atoms with Gasteiger partial charge in [0, 0.05) is 18.0 Å². The second-order valence-electron chi connectivity index (χ2n) is 5.12. The first-order valence-electron chi connectivity index (χ1n) is 6.39. The molecule has 1 fully saturated rings. The first kappa shape index (κ1) is 14.4. The van der Waals surface area contributed by atoms with Crippen LogP contribution in [0.3, 0.4) is 0 Å². The van der Waals surface area contributed by atoms with Crippen molar-refractivity contribution in [3.8, 4) is 0 Å². The molecule has 1 rings (SSSR count). The molecule has 0 aromatic heterocycles. The molecule has 1 amide bonds. The highest BCUT2D eigenvalue weighted by molar-refractivity contribution is 5.76. The highest BCUT2D eigenvalue weighted by atomic mass is 16.5. The van der Waals surface area contributed by atoms with Gasteiger partial charge in [-0.3, -0.25) is 10.0 Å². The van der Waals surface area contributed by atoms with Crippen LogP contribution in [0.15, 0.2) is 0 Å². The van der Waals surface area contributed by atoms with Crippen LogP contribution in [0.1, 0.15) is 39.0 Å². The summed E-state index contributed by atoms with van der Waals surface area (Å²) in [6.45, 7) is 3.17. The van der Waals surface area contributed by atoms with E-state index in [1.54, 1.807) is 5.48 Å². The molecule has 3 N–H and O–H groups in total. The van der Waals surface area contributed by atoms with Gasteiger partial charge in [-0.15, -0.1) is 0 Å². The van der Waals surface area contributed by atoms with Gasteiger partial charge < -0.3 is 10.2 Å². The average Bonchev–Trinajstić information content (AvgIpc) is 2.34. The minimum atomic E-state index is -0.306. The van der Waals surface area contributed by atoms with Crippen LogP contribution in [-0.4, -0.2) is 48.2 Å². The van der Waals surface area contributed by atoms with E-state index in [0.29, 0.717) is 12.5 Å². The predicted molar refractivity (Wildman–Crippen MR) is 66.9 cm³/mol. The number of amides is 1. The van der Waals surface area contributed by atoms with Crippen LogP contribution in [0.2, 0.25) is 0 Å². The van der Waals surface area contributed by atoms with E-state index in [1.165, 1.54) is 0 Å². The number of nitrogens with one attached hydrogen (secondary N) is 2. The van der Waals surface area contributed by atoms with E-state index in [0.717, 1.165) is 32.2 Å². The molecule has 1 aliphatic rings. The second kappa shape index (κ2) is 6.33. The lowest BCUT2D eigenvalue weighted by Gasteiger charge is -2.45. The van der Waals surface area contributed by atoms with Crippen molar-refractivity contribution in [1.82, 2.24) is 15.7 Å². The summed E-state index contributed by atoms with van der Waals surface area (Å²) < 4.78 is 0. The largest absolute Gasteiger partial charge is 0.314 e. The molecule has 17 heavy (non-hydrogen) atoms. The van der Waals surface area contributed by atoms with Crippen LogP contribution in [0.25, 0.3) is 0 Å². The molecule has 0 saturated carbocycles. The summed E-state index contributed by atoms with van der Waals surface area (Å²) in [5, 5.41) is 12.0. The third kappa shape index (κ3) is 3.66. The van der Waals surface area contributed by atoms with Gasteiger partial charge in [-0.25, -0.2) is 5.48 Å². The van der Waals surface area contributed by atoms with Gasteiger partial charge in [-0.05, 0) is 39.9 Å². The van der Waals surface area contributed by atoms with Gasteiger partial charge in [0.1, 0.15) is 0 Å². The van der Waals surface area contributed by atoms with Crippen molar-refractivity contribution < 1.29 is 10.0 Å². The van der Waals surface area contributed by atoms with E-state index in [1.807, 2.05) is 7.05 Å². The molecular weight excluding hydrogens is 218 g/mol. The number of hydrogen-bond donors (Lipinski definition) is 3. The van der Waals surface area contributed by atoms with Gasteiger partial charge in [-0.2, -0.15) is 0 Å². The molecule has 0 aromatic rings. The maximum absolute atomic E-state index is 11.4. The Bertz CT molecular complexity index is 260. The fraction of sp³-hybridized carbons (Fsp3) is 0.917. The summed E-state index contributed by atoms with van der Waals surface area (Å²) in [5.41, 5.74) is 1.57. The number of hydroxylamine groups is 1. The zero-order valence-electron chi connectivity index (χ0n) is 11.1. The van der Waals surface area contributed by atoms with Crippen LogP contribution >= 0.6 is 0 Å². The molecule has 5 nitrogen and oxygen atoms in total. The molecule has 2 atom stereocenters. The molecule has 1 aliphatic heterocycles. The quantitative estimate of drug-likeness (QED) is 0.492. The molecular formula is C12H25N3O2. The van der Waals surface area contributed by atoms with E-state index >= 15 is 0 Å². The van der Waals surface area contributed by atoms with Gasteiger partial charge in [0.2, 0.25) is 5.91 Å². The van der Waals surface area contributed by atoms with Gasteiger partial charge >= 0.3 is 0 Å². The fourth-order valence-corrected chi connectivity index (χ4v) is 2.76. The molecule has 1 heterocycles. The summed E-state index contributed by atoms with van der Waals surface area (Å²) >= 11 is 0. The topological polar surface area (TPSA) is 64.6 Å². The van der Waals surface area contributed by atoms with Crippen molar-refractivity contribution in [1.29, 1.82) is 0 Å². The molecule has 0 aliphatic carbocycles. The van der Waals surface area contributed by atoms with Gasteiger partial charge in [0.25, 0.3) is 0 Å². The smallest absolute Gasteiger partial charge is 0.245 e. The molecule has 0 aromatic carbocycles. The van der Waals surface area contributed by atoms with Gasteiger partial charge in [0.15, 0.2) is 0 Å². The molecule has 0 radical (unpaired) electrons. The van der Waals surface area contributed by atoms with Crippen molar-refractivity contribution in [3.63, 3.8) is 0 Å². The van der Waals surface area contributed by atoms with Crippen LogP contribution in [-0.2, 0) is 4.79 Å². The minimum absolute atomic E-state index is 0.167. The Morgan fingerprint density at radius 1 is 1.59 bits per heavy atom. The number of likely N-dealkylation sites (tertiary alicyclic amines) is 1. The third-order valence-electron chi connectivity index (χ3n) is 3.97. The first-order valence-corrected chi connectivity index (χ1v) is 6.39. The highest BCUT2D eigenvalue weighted by Gasteiger charge is 2.38. The summed E-state index contributed by atoms with van der Waals surface area (Å²) in [5.74, 6) is -0.306. The first-order chi connectivity index (χ1) is 8.06. The SMILES string of the molecule is CCC[C@H]1C[C@](CC(=O)NO)(NC)CCN1C. The Labute approximate surface area is 104 Å². The van der Waals surface area contributed by atoms with E-state index < -0.39 is 0 Å². The summed E-state index contributed by atoms with van der Waals surface area (Å²) in [4.78, 5) is 13.7. The maximum atomic E-state index is 11.4. The van der Waals surface area contributed by atoms with Crippen LogP contribution in [0, 0.1) is 0 Å². The molecule has 1 saturated heterocycles. The molecule has 5 heteroatoms. The van der Waals surface area contributed by atoms with Crippen LogP contribution < -0.4 is 10.8 Å². The molecule has 0 unspecified atom stereocenters. The lowest BCUT2D eigenvalue weighted by molar-refractivity contribution is -0.131. The highest BCUT2D eigenvalue weighted by Crippen LogP contribution is 2.30. The van der Waals surface area contributed by atoms with Crippen molar-refractivity contribution in [2.45, 2.75) is 50.6 Å². The number of nitrogens with zero attached hydrogens (tertiary/aromatic N) is 1. The number of rotatable bonds is 5. The van der Waals surface area contributed by atoms with Crippen molar-refractivity contribution in [2.75, 3.05) is 20.6 Å². The zero-order valence-corrected chi connectivity index (χ0v) is 11.1. The van der Waals surface area contributed by atoms with Crippen molar-refractivity contribution >= 4 is 5.91 Å². The number of hydrogen-bond acceptors (Lipinski definition) is 4. The summed E-state index contributed by atoms with van der Waals surface area (Å²) in [6, 6.07) is 0.521. The summed E-state index contributed by atoms with van der Waals surface area (Å²) in [6.07, 6.45) is 4.55. The van der Waals surface area contributed by atoms with Crippen molar-refractivity contribution in [3.05, 3.63) is 0 Å². The molecule has 0 spiro atoms. The van der Waals surface area contributed by atoms with E-state index in [9.17, 15) is 4.79 Å². The standard InChI is InChI=1S/C12H25N3O2/c1-4-5-10-8-12(13-2,6-7-15(10)3)9-11(16)14-17/h10,13,17H,4-9H2,1-3H3,(H,14,16)/t10-,12+/m0/s1. The Morgan fingerprint density at radius 3 is 2.82 bits per heavy atom. The van der Waals surface area contributed by atoms with E-state index in [2.05, 4.69) is 24.2 Å². The second-order valence-corrected chi connectivity index (χ2v) is 5.12. The predicted octanol–water partition coefficient (Wildman–Crippen LogP) is 0.734. The molecule has 100 valence electrons. The Kier molecular flexibility index (Phi) is 5.36. The monoisotopic (exact) mass is 243 g/mol. The van der Waals surface area contributed by atoms with E-state index in [-0.39, 0.29) is 11.4 Å². The Balaban J connectivity index is 2.68. The van der Waals surface area contributed by atoms with Crippen molar-refractivity contribution in [2.24, 2.45) is 0 Å². The van der Waals surface area contributed by atoms with Gasteiger partial charge in [0.05, 0.1) is 0 Å².